The van der Waals surface area contributed by atoms with Gasteiger partial charge in [-0.1, -0.05) is 25.4 Å². The Bertz CT molecular complexity index is 793. The molecule has 0 aliphatic carbocycles. The summed E-state index contributed by atoms with van der Waals surface area (Å²) in [5.74, 6) is 0.568. The van der Waals surface area contributed by atoms with Crippen LogP contribution in [0, 0.1) is 24.2 Å². The van der Waals surface area contributed by atoms with E-state index in [2.05, 4.69) is 48.8 Å². The first-order valence-corrected chi connectivity index (χ1v) is 10.4. The highest BCUT2D eigenvalue weighted by molar-refractivity contribution is 7.11. The highest BCUT2D eigenvalue weighted by atomic mass is 35.5. The molecule has 2 heterocycles. The SMILES string of the molecule is Cc1ccc(CN2CC[C@H](N(CC(C)C)c3ccc(C#N)c(Cl)c3)C2)s1. The minimum Gasteiger partial charge on any atom is -0.367 e. The molecule has 0 amide bonds. The van der Waals surface area contributed by atoms with E-state index in [0.29, 0.717) is 22.5 Å². The van der Waals surface area contributed by atoms with Gasteiger partial charge in [-0.3, -0.25) is 4.90 Å². The molecule has 1 aliphatic rings. The van der Waals surface area contributed by atoms with Crippen LogP contribution in [0.3, 0.4) is 0 Å². The third-order valence-corrected chi connectivity index (χ3v) is 6.13. The predicted molar refractivity (Wildman–Crippen MR) is 111 cm³/mol. The third kappa shape index (κ3) is 4.59. The van der Waals surface area contributed by atoms with Gasteiger partial charge in [-0.2, -0.15) is 5.26 Å². The average Bonchev–Trinajstić information content (AvgIpc) is 3.22. The molecule has 0 N–H and O–H groups in total. The fourth-order valence-corrected chi connectivity index (χ4v) is 4.78. The van der Waals surface area contributed by atoms with Crippen molar-refractivity contribution in [2.75, 3.05) is 24.5 Å². The van der Waals surface area contributed by atoms with Gasteiger partial charge in [0.05, 0.1) is 10.6 Å². The minimum atomic E-state index is 0.488. The molecule has 1 aliphatic heterocycles. The molecular weight excluding hydrogens is 362 g/mol. The topological polar surface area (TPSA) is 30.3 Å². The van der Waals surface area contributed by atoms with Gasteiger partial charge in [0, 0.05) is 47.7 Å². The molecule has 0 saturated carbocycles. The number of nitriles is 1. The first-order chi connectivity index (χ1) is 12.5. The molecule has 1 saturated heterocycles. The third-order valence-electron chi connectivity index (χ3n) is 4.83. The normalized spacial score (nSPS) is 17.6. The summed E-state index contributed by atoms with van der Waals surface area (Å²) >= 11 is 8.19. The summed E-state index contributed by atoms with van der Waals surface area (Å²) in [7, 11) is 0. The van der Waals surface area contributed by atoms with Crippen molar-refractivity contribution < 1.29 is 0 Å². The van der Waals surface area contributed by atoms with Gasteiger partial charge in [0.15, 0.2) is 0 Å². The van der Waals surface area contributed by atoms with Gasteiger partial charge in [0.2, 0.25) is 0 Å². The number of thiophene rings is 1. The summed E-state index contributed by atoms with van der Waals surface area (Å²) < 4.78 is 0. The maximum absolute atomic E-state index is 9.13. The summed E-state index contributed by atoms with van der Waals surface area (Å²) in [6.07, 6.45) is 1.16. The molecule has 1 aromatic carbocycles. The van der Waals surface area contributed by atoms with Gasteiger partial charge >= 0.3 is 0 Å². The van der Waals surface area contributed by atoms with Crippen LogP contribution in [0.1, 0.15) is 35.6 Å². The van der Waals surface area contributed by atoms with Crippen LogP contribution in [-0.2, 0) is 6.54 Å². The van der Waals surface area contributed by atoms with E-state index in [4.69, 9.17) is 16.9 Å². The van der Waals surface area contributed by atoms with Crippen LogP contribution in [0.2, 0.25) is 5.02 Å². The Hall–Kier alpha value is -1.54. The molecule has 0 bridgehead atoms. The lowest BCUT2D eigenvalue weighted by Crippen LogP contribution is -2.40. The van der Waals surface area contributed by atoms with Crippen molar-refractivity contribution >= 4 is 28.6 Å². The minimum absolute atomic E-state index is 0.488. The van der Waals surface area contributed by atoms with Crippen LogP contribution in [-0.4, -0.2) is 30.6 Å². The summed E-state index contributed by atoms with van der Waals surface area (Å²) in [6, 6.07) is 12.9. The van der Waals surface area contributed by atoms with Crippen LogP contribution in [0.4, 0.5) is 5.69 Å². The number of hydrogen-bond donors (Lipinski definition) is 0. The molecule has 0 unspecified atom stereocenters. The first kappa shape index (κ1) is 19.2. The van der Waals surface area contributed by atoms with Crippen molar-refractivity contribution in [2.24, 2.45) is 5.92 Å². The molecule has 0 spiro atoms. The van der Waals surface area contributed by atoms with E-state index in [9.17, 15) is 0 Å². The van der Waals surface area contributed by atoms with Gasteiger partial charge < -0.3 is 4.90 Å². The second-order valence-corrected chi connectivity index (χ2v) is 9.29. The van der Waals surface area contributed by atoms with Crippen LogP contribution >= 0.6 is 22.9 Å². The Kier molecular flexibility index (Phi) is 6.24. The molecule has 3 rings (SSSR count). The second-order valence-electron chi connectivity index (χ2n) is 7.51. The lowest BCUT2D eigenvalue weighted by molar-refractivity contribution is 0.327. The number of rotatable bonds is 6. The van der Waals surface area contributed by atoms with E-state index in [0.717, 1.165) is 38.3 Å². The van der Waals surface area contributed by atoms with E-state index in [1.165, 1.54) is 9.75 Å². The number of likely N-dealkylation sites (tertiary alicyclic amines) is 1. The van der Waals surface area contributed by atoms with Crippen molar-refractivity contribution in [3.63, 3.8) is 0 Å². The fourth-order valence-electron chi connectivity index (χ4n) is 3.63. The summed E-state index contributed by atoms with van der Waals surface area (Å²) in [6.45, 7) is 10.9. The molecule has 3 nitrogen and oxygen atoms in total. The lowest BCUT2D eigenvalue weighted by Gasteiger charge is -2.33. The molecule has 1 fully saturated rings. The van der Waals surface area contributed by atoms with Crippen LogP contribution in [0.15, 0.2) is 30.3 Å². The Morgan fingerprint density at radius 1 is 1.35 bits per heavy atom. The van der Waals surface area contributed by atoms with Crippen molar-refractivity contribution in [3.8, 4) is 6.07 Å². The summed E-state index contributed by atoms with van der Waals surface area (Å²) in [5, 5.41) is 9.67. The Labute approximate surface area is 165 Å². The number of halogens is 1. The Morgan fingerprint density at radius 2 is 2.15 bits per heavy atom. The highest BCUT2D eigenvalue weighted by Crippen LogP contribution is 2.29. The molecular formula is C21H26ClN3S. The Morgan fingerprint density at radius 3 is 2.77 bits per heavy atom. The number of hydrogen-bond acceptors (Lipinski definition) is 4. The maximum atomic E-state index is 9.13. The molecule has 138 valence electrons. The van der Waals surface area contributed by atoms with Gasteiger partial charge in [-0.25, -0.2) is 0 Å². The van der Waals surface area contributed by atoms with Crippen molar-refractivity contribution in [3.05, 3.63) is 50.7 Å². The number of anilines is 1. The van der Waals surface area contributed by atoms with Gasteiger partial charge in [-0.05, 0) is 49.6 Å². The number of benzene rings is 1. The van der Waals surface area contributed by atoms with Crippen molar-refractivity contribution in [2.45, 2.75) is 39.8 Å². The average molecular weight is 388 g/mol. The number of aryl methyl sites for hydroxylation is 1. The maximum Gasteiger partial charge on any atom is 0.101 e. The second kappa shape index (κ2) is 8.43. The van der Waals surface area contributed by atoms with Gasteiger partial charge in [0.25, 0.3) is 0 Å². The largest absolute Gasteiger partial charge is 0.367 e. The summed E-state index contributed by atoms with van der Waals surface area (Å²) in [4.78, 5) is 7.86. The smallest absolute Gasteiger partial charge is 0.101 e. The lowest BCUT2D eigenvalue weighted by atomic mass is 10.1. The van der Waals surface area contributed by atoms with E-state index >= 15 is 0 Å². The van der Waals surface area contributed by atoms with E-state index < -0.39 is 0 Å². The monoisotopic (exact) mass is 387 g/mol. The molecule has 5 heteroatoms. The molecule has 0 radical (unpaired) electrons. The first-order valence-electron chi connectivity index (χ1n) is 9.20. The van der Waals surface area contributed by atoms with Gasteiger partial charge in [0.1, 0.15) is 6.07 Å². The van der Waals surface area contributed by atoms with E-state index in [1.54, 1.807) is 0 Å². The molecule has 1 atom stereocenters. The van der Waals surface area contributed by atoms with Crippen molar-refractivity contribution in [1.29, 1.82) is 5.26 Å². The zero-order chi connectivity index (χ0) is 18.7. The zero-order valence-electron chi connectivity index (χ0n) is 15.7. The quantitative estimate of drug-likeness (QED) is 0.672. The summed E-state index contributed by atoms with van der Waals surface area (Å²) in [5.41, 5.74) is 1.67. The standard InChI is InChI=1S/C21H26ClN3S/c1-15(2)12-25(18-6-5-17(11-23)21(22)10-18)19-8-9-24(13-19)14-20-7-4-16(3)26-20/h4-7,10,15,19H,8-9,12-14H2,1-3H3/t19-/m0/s1. The Balaban J connectivity index is 1.74. The van der Waals surface area contributed by atoms with E-state index in [1.807, 2.05) is 29.5 Å². The zero-order valence-corrected chi connectivity index (χ0v) is 17.3. The van der Waals surface area contributed by atoms with Gasteiger partial charge in [-0.15, -0.1) is 11.3 Å². The molecule has 26 heavy (non-hydrogen) atoms. The fraction of sp³-hybridized carbons (Fsp3) is 0.476. The molecule has 2 aromatic rings. The predicted octanol–water partition coefficient (Wildman–Crippen LogP) is 5.32. The van der Waals surface area contributed by atoms with Crippen molar-refractivity contribution in [1.82, 2.24) is 4.90 Å². The van der Waals surface area contributed by atoms with Crippen LogP contribution in [0.5, 0.6) is 0 Å². The highest BCUT2D eigenvalue weighted by Gasteiger charge is 2.28. The van der Waals surface area contributed by atoms with Crippen LogP contribution < -0.4 is 4.90 Å². The molecule has 1 aromatic heterocycles. The van der Waals surface area contributed by atoms with E-state index in [-0.39, 0.29) is 0 Å². The van der Waals surface area contributed by atoms with Crippen LogP contribution in [0.25, 0.3) is 0 Å². The number of nitrogens with zero attached hydrogens (tertiary/aromatic N) is 3.